The number of aliphatic imine (C=N–C) groups is 1. The van der Waals surface area contributed by atoms with E-state index in [4.69, 9.17) is 4.74 Å². The van der Waals surface area contributed by atoms with E-state index in [1.54, 1.807) is 31.2 Å². The molecule has 1 aromatic carbocycles. The van der Waals surface area contributed by atoms with Crippen molar-refractivity contribution in [2.24, 2.45) is 4.99 Å². The maximum atomic E-state index is 12.6. The van der Waals surface area contributed by atoms with Crippen LogP contribution in [-0.2, 0) is 9.53 Å². The number of benzene rings is 1. The van der Waals surface area contributed by atoms with Crippen LogP contribution in [0.4, 0.5) is 0 Å². The average Bonchev–Trinajstić information content (AvgIpc) is 2.83. The van der Waals surface area contributed by atoms with E-state index in [1.165, 1.54) is 0 Å². The average molecular weight is 259 g/mol. The Hall–Kier alpha value is -1.97. The number of esters is 1. The van der Waals surface area contributed by atoms with Gasteiger partial charge in [0.2, 0.25) is 11.3 Å². The number of carbonyl (C=O) groups is 2. The molecule has 1 unspecified atom stereocenters. The smallest absolute Gasteiger partial charge is 0.342 e. The third-order valence-electron chi connectivity index (χ3n) is 3.26. The maximum absolute atomic E-state index is 12.6. The Morgan fingerprint density at radius 3 is 2.53 bits per heavy atom. The fourth-order valence-electron chi connectivity index (χ4n) is 2.28. The molecule has 0 N–H and O–H groups in total. The Labute approximate surface area is 112 Å². The monoisotopic (exact) mass is 259 g/mol. The van der Waals surface area contributed by atoms with E-state index in [9.17, 15) is 9.59 Å². The van der Waals surface area contributed by atoms with Crippen LogP contribution in [-0.4, -0.2) is 29.6 Å². The normalized spacial score (nSPS) is 21.9. The van der Waals surface area contributed by atoms with Gasteiger partial charge in [0.25, 0.3) is 0 Å². The SMILES string of the molecule is CCOC(=O)C1(C(=O)c2ccccc2)CCC(C)=N1. The lowest BCUT2D eigenvalue weighted by Gasteiger charge is -2.22. The molecule has 0 saturated carbocycles. The quantitative estimate of drug-likeness (QED) is 0.474. The van der Waals surface area contributed by atoms with Crippen molar-refractivity contribution in [3.05, 3.63) is 35.9 Å². The molecule has 4 nitrogen and oxygen atoms in total. The molecule has 0 aromatic heterocycles. The minimum absolute atomic E-state index is 0.247. The molecule has 0 amide bonds. The number of hydrogen-bond acceptors (Lipinski definition) is 4. The van der Waals surface area contributed by atoms with E-state index in [1.807, 2.05) is 13.0 Å². The summed E-state index contributed by atoms with van der Waals surface area (Å²) in [5.41, 5.74) is -0.0621. The summed E-state index contributed by atoms with van der Waals surface area (Å²) in [7, 11) is 0. The van der Waals surface area contributed by atoms with Crippen molar-refractivity contribution in [2.45, 2.75) is 32.2 Å². The molecule has 0 aliphatic carbocycles. The van der Waals surface area contributed by atoms with Crippen molar-refractivity contribution in [3.8, 4) is 0 Å². The van der Waals surface area contributed by atoms with Crippen LogP contribution in [0.3, 0.4) is 0 Å². The summed E-state index contributed by atoms with van der Waals surface area (Å²) in [5, 5.41) is 0. The van der Waals surface area contributed by atoms with Gasteiger partial charge < -0.3 is 4.74 Å². The third kappa shape index (κ3) is 2.43. The van der Waals surface area contributed by atoms with Gasteiger partial charge >= 0.3 is 5.97 Å². The van der Waals surface area contributed by atoms with Crippen molar-refractivity contribution < 1.29 is 14.3 Å². The minimum atomic E-state index is -1.37. The number of carbonyl (C=O) groups excluding carboxylic acids is 2. The van der Waals surface area contributed by atoms with Gasteiger partial charge in [-0.3, -0.25) is 9.79 Å². The van der Waals surface area contributed by atoms with E-state index in [2.05, 4.69) is 4.99 Å². The first kappa shape index (κ1) is 13.5. The predicted octanol–water partition coefficient (Wildman–Crippen LogP) is 2.43. The van der Waals surface area contributed by atoms with E-state index in [0.29, 0.717) is 18.4 Å². The van der Waals surface area contributed by atoms with Crippen LogP contribution in [0, 0.1) is 0 Å². The first-order valence-electron chi connectivity index (χ1n) is 6.42. The van der Waals surface area contributed by atoms with Crippen molar-refractivity contribution in [3.63, 3.8) is 0 Å². The molecule has 4 heteroatoms. The summed E-state index contributed by atoms with van der Waals surface area (Å²) >= 11 is 0. The molecule has 1 heterocycles. The Morgan fingerprint density at radius 1 is 1.32 bits per heavy atom. The first-order chi connectivity index (χ1) is 9.10. The third-order valence-corrected chi connectivity index (χ3v) is 3.26. The minimum Gasteiger partial charge on any atom is -0.464 e. The summed E-state index contributed by atoms with van der Waals surface area (Å²) in [6.07, 6.45) is 1.04. The fraction of sp³-hybridized carbons (Fsp3) is 0.400. The molecule has 0 saturated heterocycles. The van der Waals surface area contributed by atoms with Crippen molar-refractivity contribution in [2.75, 3.05) is 6.61 Å². The summed E-state index contributed by atoms with van der Waals surface area (Å²) in [6, 6.07) is 8.78. The Balaban J connectivity index is 2.40. The summed E-state index contributed by atoms with van der Waals surface area (Å²) in [4.78, 5) is 29.1. The lowest BCUT2D eigenvalue weighted by Crippen LogP contribution is -2.44. The molecule has 0 bridgehead atoms. The molecule has 0 fully saturated rings. The second-order valence-electron chi connectivity index (χ2n) is 4.62. The van der Waals surface area contributed by atoms with Crippen LogP contribution >= 0.6 is 0 Å². The largest absolute Gasteiger partial charge is 0.464 e. The van der Waals surface area contributed by atoms with Gasteiger partial charge in [0.05, 0.1) is 6.61 Å². The van der Waals surface area contributed by atoms with Crippen LogP contribution in [0.15, 0.2) is 35.3 Å². The van der Waals surface area contributed by atoms with Crippen molar-refractivity contribution in [1.82, 2.24) is 0 Å². The van der Waals surface area contributed by atoms with Crippen LogP contribution in [0.2, 0.25) is 0 Å². The van der Waals surface area contributed by atoms with Gasteiger partial charge in [-0.2, -0.15) is 0 Å². The second kappa shape index (κ2) is 5.34. The van der Waals surface area contributed by atoms with Crippen LogP contribution in [0.1, 0.15) is 37.0 Å². The second-order valence-corrected chi connectivity index (χ2v) is 4.62. The van der Waals surface area contributed by atoms with Crippen LogP contribution in [0.25, 0.3) is 0 Å². The van der Waals surface area contributed by atoms with Gasteiger partial charge in [-0.1, -0.05) is 30.3 Å². The molecule has 0 spiro atoms. The standard InChI is InChI=1S/C15H17NO3/c1-3-19-14(18)15(10-9-11(2)16-15)13(17)12-7-5-4-6-8-12/h4-8H,3,9-10H2,1-2H3. The first-order valence-corrected chi connectivity index (χ1v) is 6.42. The maximum Gasteiger partial charge on any atom is 0.342 e. The predicted molar refractivity (Wildman–Crippen MR) is 72.5 cm³/mol. The van der Waals surface area contributed by atoms with Gasteiger partial charge in [0.15, 0.2) is 0 Å². The van der Waals surface area contributed by atoms with Gasteiger partial charge in [-0.25, -0.2) is 4.79 Å². The fourth-order valence-corrected chi connectivity index (χ4v) is 2.28. The number of rotatable bonds is 4. The topological polar surface area (TPSA) is 55.7 Å². The zero-order valence-electron chi connectivity index (χ0n) is 11.2. The molecule has 1 aliphatic heterocycles. The molecule has 2 rings (SSSR count). The van der Waals surface area contributed by atoms with E-state index >= 15 is 0 Å². The number of nitrogens with zero attached hydrogens (tertiary/aromatic N) is 1. The van der Waals surface area contributed by atoms with E-state index in [0.717, 1.165) is 5.71 Å². The molecular formula is C15H17NO3. The Kier molecular flexibility index (Phi) is 3.79. The van der Waals surface area contributed by atoms with Crippen molar-refractivity contribution in [1.29, 1.82) is 0 Å². The van der Waals surface area contributed by atoms with E-state index in [-0.39, 0.29) is 12.4 Å². The lowest BCUT2D eigenvalue weighted by molar-refractivity contribution is -0.147. The number of hydrogen-bond donors (Lipinski definition) is 0. The van der Waals surface area contributed by atoms with Crippen LogP contribution < -0.4 is 0 Å². The van der Waals surface area contributed by atoms with Gasteiger partial charge in [-0.05, 0) is 26.7 Å². The number of ether oxygens (including phenoxy) is 1. The highest BCUT2D eigenvalue weighted by Gasteiger charge is 2.49. The Bertz CT molecular complexity index is 521. The summed E-state index contributed by atoms with van der Waals surface area (Å²) in [5.74, 6) is -0.816. The zero-order chi connectivity index (χ0) is 13.9. The molecule has 1 atom stereocenters. The molecule has 0 radical (unpaired) electrons. The molecule has 100 valence electrons. The van der Waals surface area contributed by atoms with Crippen LogP contribution in [0.5, 0.6) is 0 Å². The molecule has 1 aliphatic rings. The van der Waals surface area contributed by atoms with Gasteiger partial charge in [0.1, 0.15) is 0 Å². The van der Waals surface area contributed by atoms with E-state index < -0.39 is 11.5 Å². The van der Waals surface area contributed by atoms with Gasteiger partial charge in [0, 0.05) is 11.3 Å². The number of Topliss-reactive ketones (excluding diaryl/α,β-unsaturated/α-hetero) is 1. The highest BCUT2D eigenvalue weighted by atomic mass is 16.5. The zero-order valence-corrected chi connectivity index (χ0v) is 11.2. The summed E-state index contributed by atoms with van der Waals surface area (Å²) < 4.78 is 5.05. The van der Waals surface area contributed by atoms with Gasteiger partial charge in [-0.15, -0.1) is 0 Å². The molecule has 19 heavy (non-hydrogen) atoms. The summed E-state index contributed by atoms with van der Waals surface area (Å²) in [6.45, 7) is 3.81. The lowest BCUT2D eigenvalue weighted by atomic mass is 9.87. The highest BCUT2D eigenvalue weighted by Crippen LogP contribution is 2.31. The Morgan fingerprint density at radius 2 is 2.00 bits per heavy atom. The van der Waals surface area contributed by atoms with Crippen molar-refractivity contribution >= 4 is 17.5 Å². The molecule has 1 aromatic rings. The number of ketones is 1. The highest BCUT2D eigenvalue weighted by molar-refractivity contribution is 6.19. The molecular weight excluding hydrogens is 242 g/mol.